The van der Waals surface area contributed by atoms with E-state index in [1.165, 1.54) is 0 Å². The summed E-state index contributed by atoms with van der Waals surface area (Å²) < 4.78 is 1.74. The Balaban J connectivity index is 2.07. The van der Waals surface area contributed by atoms with E-state index >= 15 is 0 Å². The second-order valence-electron chi connectivity index (χ2n) is 4.89. The van der Waals surface area contributed by atoms with Gasteiger partial charge >= 0.3 is 0 Å². The lowest BCUT2D eigenvalue weighted by Gasteiger charge is -2.25. The normalized spacial score (nSPS) is 12.4. The van der Waals surface area contributed by atoms with Crippen molar-refractivity contribution in [2.24, 2.45) is 0 Å². The summed E-state index contributed by atoms with van der Waals surface area (Å²) in [5.41, 5.74) is 0.971. The molecule has 2 aromatic heterocycles. The van der Waals surface area contributed by atoms with Crippen molar-refractivity contribution in [3.05, 3.63) is 30.1 Å². The van der Waals surface area contributed by atoms with Gasteiger partial charge in [-0.25, -0.2) is 4.68 Å². The third-order valence-corrected chi connectivity index (χ3v) is 4.00. The Bertz CT molecular complexity index is 537. The average molecular weight is 291 g/mol. The first kappa shape index (κ1) is 14.8. The molecule has 0 fully saturated rings. The number of rotatable bonds is 6. The first-order valence-corrected chi connectivity index (χ1v) is 8.09. The molecule has 1 atom stereocenters. The summed E-state index contributed by atoms with van der Waals surface area (Å²) in [4.78, 5) is 2.17. The van der Waals surface area contributed by atoms with E-state index in [9.17, 15) is 0 Å². The molecule has 0 amide bonds. The number of hydrogen-bond acceptors (Lipinski definition) is 5. The van der Waals surface area contributed by atoms with Crippen molar-refractivity contribution in [2.75, 3.05) is 24.0 Å². The van der Waals surface area contributed by atoms with Gasteiger partial charge in [0, 0.05) is 19.3 Å². The Hall–Kier alpha value is -1.56. The van der Waals surface area contributed by atoms with Crippen LogP contribution in [0, 0.1) is 6.92 Å². The molecule has 0 N–H and O–H groups in total. The zero-order valence-corrected chi connectivity index (χ0v) is 13.3. The van der Waals surface area contributed by atoms with Gasteiger partial charge in [-0.2, -0.15) is 16.9 Å². The van der Waals surface area contributed by atoms with Crippen LogP contribution in [0.3, 0.4) is 0 Å². The van der Waals surface area contributed by atoms with Gasteiger partial charge in [0.05, 0.1) is 5.69 Å². The molecule has 0 aromatic carbocycles. The van der Waals surface area contributed by atoms with Crippen LogP contribution in [0.5, 0.6) is 0 Å². The highest BCUT2D eigenvalue weighted by molar-refractivity contribution is 7.98. The van der Waals surface area contributed by atoms with Gasteiger partial charge in [-0.15, -0.1) is 10.2 Å². The molecule has 0 aliphatic carbocycles. The Kier molecular flexibility index (Phi) is 5.00. The van der Waals surface area contributed by atoms with E-state index in [2.05, 4.69) is 40.4 Å². The lowest BCUT2D eigenvalue weighted by molar-refractivity contribution is 0.655. The maximum absolute atomic E-state index is 4.33. The summed E-state index contributed by atoms with van der Waals surface area (Å²) in [6, 6.07) is 6.35. The zero-order valence-electron chi connectivity index (χ0n) is 12.4. The van der Waals surface area contributed by atoms with Crippen molar-refractivity contribution in [1.82, 2.24) is 20.0 Å². The van der Waals surface area contributed by atoms with Crippen LogP contribution >= 0.6 is 11.8 Å². The first-order valence-electron chi connectivity index (χ1n) is 6.70. The van der Waals surface area contributed by atoms with Gasteiger partial charge in [-0.3, -0.25) is 0 Å². The molecule has 0 aliphatic heterocycles. The fourth-order valence-electron chi connectivity index (χ4n) is 1.88. The van der Waals surface area contributed by atoms with E-state index in [0.29, 0.717) is 6.04 Å². The van der Waals surface area contributed by atoms with E-state index in [1.54, 1.807) is 4.68 Å². The van der Waals surface area contributed by atoms with Crippen LogP contribution in [0.1, 0.15) is 19.0 Å². The molecule has 0 aliphatic rings. The van der Waals surface area contributed by atoms with Gasteiger partial charge in [-0.05, 0) is 50.5 Å². The van der Waals surface area contributed by atoms with Crippen molar-refractivity contribution in [3.63, 3.8) is 0 Å². The minimum Gasteiger partial charge on any atom is -0.355 e. The largest absolute Gasteiger partial charge is 0.355 e. The molecule has 0 radical (unpaired) electrons. The number of aromatic nitrogens is 4. The van der Waals surface area contributed by atoms with E-state index in [0.717, 1.165) is 29.5 Å². The maximum Gasteiger partial charge on any atom is 0.175 e. The lowest BCUT2D eigenvalue weighted by Crippen LogP contribution is -2.30. The molecule has 0 saturated heterocycles. The molecule has 2 rings (SSSR count). The van der Waals surface area contributed by atoms with Crippen LogP contribution in [0.25, 0.3) is 5.82 Å². The maximum atomic E-state index is 4.33. The Morgan fingerprint density at radius 3 is 2.65 bits per heavy atom. The summed E-state index contributed by atoms with van der Waals surface area (Å²) >= 11 is 1.87. The first-order chi connectivity index (χ1) is 9.61. The van der Waals surface area contributed by atoms with Crippen LogP contribution < -0.4 is 4.90 Å². The van der Waals surface area contributed by atoms with Crippen LogP contribution in [0.2, 0.25) is 0 Å². The van der Waals surface area contributed by atoms with E-state index in [1.807, 2.05) is 43.1 Å². The highest BCUT2D eigenvalue weighted by atomic mass is 32.2. The summed E-state index contributed by atoms with van der Waals surface area (Å²) in [7, 11) is 2.06. The Morgan fingerprint density at radius 1 is 1.30 bits per heavy atom. The number of aryl methyl sites for hydroxylation is 1. The van der Waals surface area contributed by atoms with Gasteiger partial charge in [0.1, 0.15) is 0 Å². The van der Waals surface area contributed by atoms with Crippen LogP contribution in [-0.2, 0) is 0 Å². The van der Waals surface area contributed by atoms with E-state index in [4.69, 9.17) is 0 Å². The average Bonchev–Trinajstić information content (AvgIpc) is 2.90. The van der Waals surface area contributed by atoms with E-state index in [-0.39, 0.29) is 0 Å². The second-order valence-corrected chi connectivity index (χ2v) is 5.88. The third-order valence-electron chi connectivity index (χ3n) is 3.36. The van der Waals surface area contributed by atoms with Crippen molar-refractivity contribution in [2.45, 2.75) is 26.3 Å². The standard InChI is InChI=1S/C14H21N5S/c1-11-7-9-19(17-11)14-6-5-13(15-16-14)18(3)12(2)8-10-20-4/h5-7,9,12H,8,10H2,1-4H3. The summed E-state index contributed by atoms with van der Waals surface area (Å²) in [6.07, 6.45) is 5.16. The minimum atomic E-state index is 0.453. The molecule has 0 bridgehead atoms. The lowest BCUT2D eigenvalue weighted by atomic mass is 10.2. The smallest absolute Gasteiger partial charge is 0.175 e. The number of hydrogen-bond donors (Lipinski definition) is 0. The van der Waals surface area contributed by atoms with Gasteiger partial charge in [0.2, 0.25) is 0 Å². The quantitative estimate of drug-likeness (QED) is 0.818. The molecule has 0 saturated carbocycles. The van der Waals surface area contributed by atoms with Crippen molar-refractivity contribution < 1.29 is 0 Å². The SMILES string of the molecule is CSCCC(C)N(C)c1ccc(-n2ccc(C)n2)nn1. The predicted molar refractivity (Wildman–Crippen MR) is 84.8 cm³/mol. The minimum absolute atomic E-state index is 0.453. The van der Waals surface area contributed by atoms with Gasteiger partial charge < -0.3 is 4.90 Å². The third kappa shape index (κ3) is 3.50. The highest BCUT2D eigenvalue weighted by Gasteiger charge is 2.11. The molecule has 2 aromatic rings. The molecule has 6 heteroatoms. The number of thioether (sulfide) groups is 1. The second kappa shape index (κ2) is 6.74. The molecular formula is C14H21N5S. The predicted octanol–water partition coefficient (Wildman–Crippen LogP) is 2.55. The van der Waals surface area contributed by atoms with Crippen LogP contribution in [0.15, 0.2) is 24.4 Å². The summed E-state index contributed by atoms with van der Waals surface area (Å²) in [5.74, 6) is 2.79. The number of nitrogens with zero attached hydrogens (tertiary/aromatic N) is 5. The van der Waals surface area contributed by atoms with Gasteiger partial charge in [0.15, 0.2) is 11.6 Å². The summed E-state index contributed by atoms with van der Waals surface area (Å²) in [6.45, 7) is 4.17. The molecule has 108 valence electrons. The Morgan fingerprint density at radius 2 is 2.10 bits per heavy atom. The monoisotopic (exact) mass is 291 g/mol. The highest BCUT2D eigenvalue weighted by Crippen LogP contribution is 2.15. The molecule has 2 heterocycles. The van der Waals surface area contributed by atoms with Gasteiger partial charge in [0.25, 0.3) is 0 Å². The van der Waals surface area contributed by atoms with Gasteiger partial charge in [-0.1, -0.05) is 0 Å². The molecule has 20 heavy (non-hydrogen) atoms. The fraction of sp³-hybridized carbons (Fsp3) is 0.500. The molecule has 0 spiro atoms. The number of anilines is 1. The van der Waals surface area contributed by atoms with Crippen molar-refractivity contribution in [3.8, 4) is 5.82 Å². The molecular weight excluding hydrogens is 270 g/mol. The van der Waals surface area contributed by atoms with Crippen molar-refractivity contribution >= 4 is 17.6 Å². The van der Waals surface area contributed by atoms with Crippen LogP contribution in [0.4, 0.5) is 5.82 Å². The fourth-order valence-corrected chi connectivity index (χ4v) is 2.46. The van der Waals surface area contributed by atoms with E-state index < -0.39 is 0 Å². The molecule has 1 unspecified atom stereocenters. The Labute approximate surface area is 124 Å². The van der Waals surface area contributed by atoms with Crippen molar-refractivity contribution in [1.29, 1.82) is 0 Å². The summed E-state index contributed by atoms with van der Waals surface area (Å²) in [5, 5.41) is 12.9. The topological polar surface area (TPSA) is 46.8 Å². The van der Waals surface area contributed by atoms with Crippen LogP contribution in [-0.4, -0.2) is 45.1 Å². The molecule has 5 nitrogen and oxygen atoms in total. The zero-order chi connectivity index (χ0) is 14.5.